The quantitative estimate of drug-likeness (QED) is 0.881. The van der Waals surface area contributed by atoms with Gasteiger partial charge in [-0.05, 0) is 31.0 Å². The van der Waals surface area contributed by atoms with Gasteiger partial charge in [-0.2, -0.15) is 5.10 Å². The number of benzene rings is 1. The molecule has 4 heteroatoms. The van der Waals surface area contributed by atoms with Gasteiger partial charge in [0.2, 0.25) is 0 Å². The van der Waals surface area contributed by atoms with Crippen molar-refractivity contribution in [2.75, 3.05) is 0 Å². The van der Waals surface area contributed by atoms with Crippen molar-refractivity contribution in [2.45, 2.75) is 18.9 Å². The molecule has 1 aromatic carbocycles. The van der Waals surface area contributed by atoms with Gasteiger partial charge < -0.3 is 5.73 Å². The number of nitrogens with zero attached hydrogens (tertiary/aromatic N) is 2. The van der Waals surface area contributed by atoms with Crippen LogP contribution >= 0.6 is 0 Å². The topological polar surface area (TPSA) is 43.8 Å². The molecule has 3 nitrogen and oxygen atoms in total. The normalized spacial score (nSPS) is 14.6. The first-order valence-corrected chi connectivity index (χ1v) is 5.50. The number of aryl methyl sites for hydroxylation is 1. The van der Waals surface area contributed by atoms with E-state index in [9.17, 15) is 4.39 Å². The number of nitrogens with two attached hydrogens (primary N) is 1. The Hall–Kier alpha value is -1.68. The van der Waals surface area contributed by atoms with Crippen LogP contribution in [0.15, 0.2) is 36.7 Å². The van der Waals surface area contributed by atoms with Crippen LogP contribution < -0.4 is 5.73 Å². The number of aromatic nitrogens is 2. The first-order chi connectivity index (χ1) is 7.97. The van der Waals surface area contributed by atoms with E-state index in [1.165, 1.54) is 12.1 Å². The van der Waals surface area contributed by atoms with E-state index in [0.29, 0.717) is 6.42 Å². The predicted molar refractivity (Wildman–Crippen MR) is 64.9 cm³/mol. The fourth-order valence-corrected chi connectivity index (χ4v) is 1.89. The molecule has 1 unspecified atom stereocenters. The van der Waals surface area contributed by atoms with Gasteiger partial charge in [0, 0.05) is 24.3 Å². The molecule has 2 rings (SSSR count). The van der Waals surface area contributed by atoms with E-state index in [0.717, 1.165) is 11.1 Å². The summed E-state index contributed by atoms with van der Waals surface area (Å²) in [6.07, 6.45) is 4.22. The Morgan fingerprint density at radius 3 is 2.82 bits per heavy atom. The van der Waals surface area contributed by atoms with Crippen LogP contribution in [0.5, 0.6) is 0 Å². The van der Waals surface area contributed by atoms with E-state index < -0.39 is 5.54 Å². The fourth-order valence-electron chi connectivity index (χ4n) is 1.89. The Morgan fingerprint density at radius 1 is 1.47 bits per heavy atom. The van der Waals surface area contributed by atoms with Crippen molar-refractivity contribution < 1.29 is 4.39 Å². The molecule has 0 saturated heterocycles. The molecule has 0 fully saturated rings. The van der Waals surface area contributed by atoms with Crippen molar-refractivity contribution in [1.29, 1.82) is 0 Å². The minimum Gasteiger partial charge on any atom is -0.321 e. The van der Waals surface area contributed by atoms with Gasteiger partial charge in [-0.25, -0.2) is 4.39 Å². The van der Waals surface area contributed by atoms with Gasteiger partial charge in [-0.15, -0.1) is 0 Å². The van der Waals surface area contributed by atoms with Crippen molar-refractivity contribution in [3.63, 3.8) is 0 Å². The molecule has 0 aliphatic rings. The molecule has 0 saturated carbocycles. The van der Waals surface area contributed by atoms with Crippen molar-refractivity contribution in [1.82, 2.24) is 9.78 Å². The zero-order valence-electron chi connectivity index (χ0n) is 10.0. The summed E-state index contributed by atoms with van der Waals surface area (Å²) in [5, 5.41) is 4.10. The Bertz CT molecular complexity index is 517. The SMILES string of the molecule is Cn1cc(C(C)(N)Cc2cccc(F)c2)cn1. The highest BCUT2D eigenvalue weighted by molar-refractivity contribution is 5.24. The standard InChI is InChI=1S/C13H16FN3/c1-13(15,11-8-16-17(2)9-11)7-10-4-3-5-12(14)6-10/h3-6,8-9H,7,15H2,1-2H3. The Balaban J connectivity index is 2.22. The average molecular weight is 233 g/mol. The molecule has 90 valence electrons. The van der Waals surface area contributed by atoms with Crippen molar-refractivity contribution in [3.8, 4) is 0 Å². The molecule has 0 amide bonds. The lowest BCUT2D eigenvalue weighted by Gasteiger charge is -2.23. The lowest BCUT2D eigenvalue weighted by atomic mass is 9.88. The fraction of sp³-hybridized carbons (Fsp3) is 0.308. The molecule has 0 bridgehead atoms. The minimum atomic E-state index is -0.540. The van der Waals surface area contributed by atoms with E-state index in [1.54, 1.807) is 16.9 Å². The molecule has 1 aromatic heterocycles. The summed E-state index contributed by atoms with van der Waals surface area (Å²) < 4.78 is 14.8. The summed E-state index contributed by atoms with van der Waals surface area (Å²) >= 11 is 0. The van der Waals surface area contributed by atoms with Gasteiger partial charge in [0.05, 0.1) is 6.20 Å². The van der Waals surface area contributed by atoms with Gasteiger partial charge >= 0.3 is 0 Å². The number of hydrogen-bond donors (Lipinski definition) is 1. The molecule has 2 N–H and O–H groups in total. The number of hydrogen-bond acceptors (Lipinski definition) is 2. The lowest BCUT2D eigenvalue weighted by Crippen LogP contribution is -2.35. The first kappa shape index (κ1) is 11.8. The van der Waals surface area contributed by atoms with Crippen LogP contribution in [0, 0.1) is 5.82 Å². The summed E-state index contributed by atoms with van der Waals surface area (Å²) in [6.45, 7) is 1.93. The largest absolute Gasteiger partial charge is 0.321 e. The molecular formula is C13H16FN3. The van der Waals surface area contributed by atoms with Crippen LogP contribution in [0.25, 0.3) is 0 Å². The van der Waals surface area contributed by atoms with Crippen molar-refractivity contribution >= 4 is 0 Å². The highest BCUT2D eigenvalue weighted by Gasteiger charge is 2.23. The maximum atomic E-state index is 13.1. The molecule has 0 aliphatic carbocycles. The second kappa shape index (κ2) is 4.30. The minimum absolute atomic E-state index is 0.232. The predicted octanol–water partition coefficient (Wildman–Crippen LogP) is 1.98. The van der Waals surface area contributed by atoms with Crippen LogP contribution in [-0.2, 0) is 19.0 Å². The van der Waals surface area contributed by atoms with E-state index in [2.05, 4.69) is 5.10 Å². The molecule has 17 heavy (non-hydrogen) atoms. The van der Waals surface area contributed by atoms with Gasteiger partial charge in [0.1, 0.15) is 5.82 Å². The molecule has 0 aliphatic heterocycles. The zero-order chi connectivity index (χ0) is 12.5. The molecular weight excluding hydrogens is 217 g/mol. The monoisotopic (exact) mass is 233 g/mol. The third-order valence-electron chi connectivity index (χ3n) is 2.82. The highest BCUT2D eigenvalue weighted by Crippen LogP contribution is 2.22. The van der Waals surface area contributed by atoms with E-state index in [1.807, 2.05) is 26.2 Å². The first-order valence-electron chi connectivity index (χ1n) is 5.50. The van der Waals surface area contributed by atoms with Crippen LogP contribution in [-0.4, -0.2) is 9.78 Å². The second-order valence-corrected chi connectivity index (χ2v) is 4.63. The third-order valence-corrected chi connectivity index (χ3v) is 2.82. The van der Waals surface area contributed by atoms with Gasteiger partial charge in [0.25, 0.3) is 0 Å². The molecule has 0 spiro atoms. The number of rotatable bonds is 3. The summed E-state index contributed by atoms with van der Waals surface area (Å²) in [7, 11) is 1.85. The average Bonchev–Trinajstić information content (AvgIpc) is 2.65. The van der Waals surface area contributed by atoms with Crippen LogP contribution in [0.2, 0.25) is 0 Å². The highest BCUT2D eigenvalue weighted by atomic mass is 19.1. The van der Waals surface area contributed by atoms with Crippen LogP contribution in [0.4, 0.5) is 4.39 Å². The van der Waals surface area contributed by atoms with Crippen LogP contribution in [0.3, 0.4) is 0 Å². The molecule has 1 atom stereocenters. The Morgan fingerprint density at radius 2 is 2.24 bits per heavy atom. The summed E-state index contributed by atoms with van der Waals surface area (Å²) in [6, 6.07) is 6.53. The van der Waals surface area contributed by atoms with Gasteiger partial charge in [0.15, 0.2) is 0 Å². The summed E-state index contributed by atoms with van der Waals surface area (Å²) in [4.78, 5) is 0. The van der Waals surface area contributed by atoms with E-state index in [4.69, 9.17) is 5.73 Å². The summed E-state index contributed by atoms with van der Waals surface area (Å²) in [5.41, 5.74) is 7.55. The lowest BCUT2D eigenvalue weighted by molar-refractivity contribution is 0.489. The Labute approximate surface area is 100 Å². The van der Waals surface area contributed by atoms with Crippen molar-refractivity contribution in [2.24, 2.45) is 12.8 Å². The van der Waals surface area contributed by atoms with Gasteiger partial charge in [-0.1, -0.05) is 12.1 Å². The van der Waals surface area contributed by atoms with E-state index >= 15 is 0 Å². The zero-order valence-corrected chi connectivity index (χ0v) is 10.0. The van der Waals surface area contributed by atoms with Crippen LogP contribution in [0.1, 0.15) is 18.1 Å². The van der Waals surface area contributed by atoms with Crippen molar-refractivity contribution in [3.05, 3.63) is 53.6 Å². The smallest absolute Gasteiger partial charge is 0.123 e. The Kier molecular flexibility index (Phi) is 2.98. The third kappa shape index (κ3) is 2.71. The summed E-state index contributed by atoms with van der Waals surface area (Å²) in [5.74, 6) is -0.232. The maximum Gasteiger partial charge on any atom is 0.123 e. The number of halogens is 1. The maximum absolute atomic E-state index is 13.1. The molecule has 0 radical (unpaired) electrons. The second-order valence-electron chi connectivity index (χ2n) is 4.63. The van der Waals surface area contributed by atoms with E-state index in [-0.39, 0.29) is 5.82 Å². The molecule has 1 heterocycles. The van der Waals surface area contributed by atoms with Gasteiger partial charge in [-0.3, -0.25) is 4.68 Å². The molecule has 2 aromatic rings.